The molecule has 0 bridgehead atoms. The number of amides is 1. The molecule has 508 valence electrons. The Bertz CT molecular complexity index is 1720. The molecular weight excluding hydrogens is 1100 g/mol. The molecule has 0 rings (SSSR count). The molecule has 0 radical (unpaired) electrons. The summed E-state index contributed by atoms with van der Waals surface area (Å²) in [6.07, 6.45) is 87.8. The van der Waals surface area contributed by atoms with Crippen molar-refractivity contribution in [2.75, 3.05) is 40.9 Å². The van der Waals surface area contributed by atoms with Gasteiger partial charge in [-0.15, -0.1) is 0 Å². The standard InChI is InChI=1S/C77H143N2O7P/c1-7-10-13-16-19-22-25-28-30-32-34-36-38-39-41-42-44-46-48-51-54-57-60-63-66-69-76(80)78-74(73-85-87(82,83)84-72-71-79(4,5)6)75(68-65-62-59-56-53-50-27-24-21-18-15-12-9-3)86-77(81)70-67-64-61-58-55-52-49-47-45-43-40-37-35-33-31-29-26-23-20-17-14-11-8-2/h10,13,19,22,28,30,34,36,39,41,65,68,74-75H,7-9,11-12,14-18,20-21,23-27,29,31-33,35,37-38,40,42-64,66-67,69-73H2,1-6H3,(H-,78,80,82,83)/p+1/b13-10-,22-19-,30-28-,36-34-,41-39-,68-65+. The number of likely N-dealkylation sites (N-methyl/N-ethyl adjacent to an activating group) is 1. The van der Waals surface area contributed by atoms with Gasteiger partial charge in [0.05, 0.1) is 33.8 Å². The first-order chi connectivity index (χ1) is 42.4. The minimum atomic E-state index is -4.46. The van der Waals surface area contributed by atoms with Crippen LogP contribution in [0.5, 0.6) is 0 Å². The number of rotatable bonds is 68. The van der Waals surface area contributed by atoms with Crippen molar-refractivity contribution in [1.82, 2.24) is 5.32 Å². The van der Waals surface area contributed by atoms with E-state index in [-0.39, 0.29) is 25.1 Å². The van der Waals surface area contributed by atoms with Crippen LogP contribution in [0.2, 0.25) is 0 Å². The fourth-order valence-electron chi connectivity index (χ4n) is 11.0. The molecular formula is C77H144N2O7P+. The zero-order valence-electron chi connectivity index (χ0n) is 58.3. The highest BCUT2D eigenvalue weighted by Crippen LogP contribution is 2.43. The number of hydrogen-bond acceptors (Lipinski definition) is 6. The van der Waals surface area contributed by atoms with Crippen LogP contribution in [0.3, 0.4) is 0 Å². The van der Waals surface area contributed by atoms with Crippen molar-refractivity contribution in [1.29, 1.82) is 0 Å². The maximum atomic E-state index is 13.6. The molecule has 2 N–H and O–H groups in total. The predicted octanol–water partition coefficient (Wildman–Crippen LogP) is 23.9. The maximum Gasteiger partial charge on any atom is 0.472 e. The normalized spacial score (nSPS) is 13.9. The molecule has 0 aromatic rings. The first-order valence-electron chi connectivity index (χ1n) is 37.3. The first kappa shape index (κ1) is 84.5. The van der Waals surface area contributed by atoms with Crippen LogP contribution in [0.4, 0.5) is 0 Å². The number of hydrogen-bond donors (Lipinski definition) is 2. The van der Waals surface area contributed by atoms with Gasteiger partial charge in [0.2, 0.25) is 5.91 Å². The average molecular weight is 1240 g/mol. The molecule has 0 saturated heterocycles. The summed E-state index contributed by atoms with van der Waals surface area (Å²) in [4.78, 5) is 38.0. The summed E-state index contributed by atoms with van der Waals surface area (Å²) in [7, 11) is 1.50. The van der Waals surface area contributed by atoms with E-state index in [1.54, 1.807) is 0 Å². The lowest BCUT2D eigenvalue weighted by atomic mass is 10.0. The number of quaternary nitrogens is 1. The highest BCUT2D eigenvalue weighted by atomic mass is 31.2. The van der Waals surface area contributed by atoms with Crippen LogP contribution in [0.1, 0.15) is 355 Å². The Kier molecular flexibility index (Phi) is 64.4. The van der Waals surface area contributed by atoms with Crippen LogP contribution in [-0.4, -0.2) is 74.3 Å². The Morgan fingerprint density at radius 3 is 1.10 bits per heavy atom. The molecule has 0 saturated carbocycles. The van der Waals surface area contributed by atoms with Gasteiger partial charge in [-0.25, -0.2) is 4.57 Å². The molecule has 0 aliphatic carbocycles. The predicted molar refractivity (Wildman–Crippen MR) is 378 cm³/mol. The Labute approximate surface area is 540 Å². The Hall–Kier alpha value is -2.55. The van der Waals surface area contributed by atoms with Gasteiger partial charge in [-0.3, -0.25) is 18.6 Å². The number of ether oxygens (including phenoxy) is 1. The van der Waals surface area contributed by atoms with Gasteiger partial charge in [-0.05, 0) is 76.7 Å². The summed E-state index contributed by atoms with van der Waals surface area (Å²) < 4.78 is 30.9. The Morgan fingerprint density at radius 2 is 0.736 bits per heavy atom. The van der Waals surface area contributed by atoms with Crippen molar-refractivity contribution in [3.05, 3.63) is 72.9 Å². The number of phosphoric acid groups is 1. The first-order valence-corrected chi connectivity index (χ1v) is 38.8. The number of unbranched alkanes of at least 4 members (excludes halogenated alkanes) is 42. The fourth-order valence-corrected chi connectivity index (χ4v) is 11.7. The zero-order valence-corrected chi connectivity index (χ0v) is 59.2. The van der Waals surface area contributed by atoms with Crippen molar-refractivity contribution in [2.45, 2.75) is 367 Å². The molecule has 0 fully saturated rings. The number of nitrogens with zero attached hydrogens (tertiary/aromatic N) is 1. The van der Waals surface area contributed by atoms with E-state index in [9.17, 15) is 19.0 Å². The molecule has 10 heteroatoms. The second-order valence-corrected chi connectivity index (χ2v) is 27.9. The Morgan fingerprint density at radius 1 is 0.414 bits per heavy atom. The fraction of sp³-hybridized carbons (Fsp3) is 0.818. The van der Waals surface area contributed by atoms with E-state index in [4.69, 9.17) is 13.8 Å². The average Bonchev–Trinajstić information content (AvgIpc) is 3.70. The number of allylic oxidation sites excluding steroid dienone is 11. The quantitative estimate of drug-likeness (QED) is 0.0205. The monoisotopic (exact) mass is 1240 g/mol. The second-order valence-electron chi connectivity index (χ2n) is 26.4. The van der Waals surface area contributed by atoms with E-state index >= 15 is 0 Å². The minimum absolute atomic E-state index is 0.0386. The summed E-state index contributed by atoms with van der Waals surface area (Å²) in [5.74, 6) is -0.497. The van der Waals surface area contributed by atoms with Crippen molar-refractivity contribution >= 4 is 19.7 Å². The largest absolute Gasteiger partial charge is 0.472 e. The molecule has 0 aromatic carbocycles. The summed E-state index contributed by atoms with van der Waals surface area (Å²) in [6.45, 7) is 6.95. The van der Waals surface area contributed by atoms with E-state index in [1.165, 1.54) is 218 Å². The third-order valence-electron chi connectivity index (χ3n) is 16.7. The molecule has 9 nitrogen and oxygen atoms in total. The Balaban J connectivity index is 5.06. The number of phosphoric ester groups is 1. The van der Waals surface area contributed by atoms with Crippen molar-refractivity contribution < 1.29 is 37.3 Å². The summed E-state index contributed by atoms with van der Waals surface area (Å²) in [5.41, 5.74) is 0. The van der Waals surface area contributed by atoms with E-state index in [0.29, 0.717) is 23.9 Å². The van der Waals surface area contributed by atoms with Crippen LogP contribution in [-0.2, 0) is 27.9 Å². The molecule has 0 aromatic heterocycles. The summed E-state index contributed by atoms with van der Waals surface area (Å²) >= 11 is 0. The zero-order chi connectivity index (χ0) is 63.5. The number of nitrogens with one attached hydrogen (secondary N) is 1. The smallest absolute Gasteiger partial charge is 0.456 e. The lowest BCUT2D eigenvalue weighted by Crippen LogP contribution is -2.47. The lowest BCUT2D eigenvalue weighted by molar-refractivity contribution is -0.870. The van der Waals surface area contributed by atoms with Gasteiger partial charge in [0.15, 0.2) is 0 Å². The van der Waals surface area contributed by atoms with Crippen LogP contribution in [0.15, 0.2) is 72.9 Å². The molecule has 3 unspecified atom stereocenters. The van der Waals surface area contributed by atoms with Gasteiger partial charge in [-0.1, -0.05) is 338 Å². The van der Waals surface area contributed by atoms with Crippen molar-refractivity contribution in [3.8, 4) is 0 Å². The molecule has 0 aliphatic heterocycles. The van der Waals surface area contributed by atoms with Gasteiger partial charge in [-0.2, -0.15) is 0 Å². The molecule has 87 heavy (non-hydrogen) atoms. The lowest BCUT2D eigenvalue weighted by Gasteiger charge is -2.27. The van der Waals surface area contributed by atoms with E-state index in [1.807, 2.05) is 33.3 Å². The second kappa shape index (κ2) is 66.4. The van der Waals surface area contributed by atoms with Crippen LogP contribution >= 0.6 is 7.82 Å². The van der Waals surface area contributed by atoms with Crippen molar-refractivity contribution in [2.24, 2.45) is 0 Å². The van der Waals surface area contributed by atoms with Crippen molar-refractivity contribution in [3.63, 3.8) is 0 Å². The maximum absolute atomic E-state index is 13.6. The van der Waals surface area contributed by atoms with Crippen LogP contribution < -0.4 is 5.32 Å². The van der Waals surface area contributed by atoms with Gasteiger partial charge in [0.1, 0.15) is 19.3 Å². The molecule has 0 heterocycles. The molecule has 1 amide bonds. The highest BCUT2D eigenvalue weighted by Gasteiger charge is 2.30. The summed E-state index contributed by atoms with van der Waals surface area (Å²) in [5, 5.41) is 3.08. The topological polar surface area (TPSA) is 111 Å². The van der Waals surface area contributed by atoms with Gasteiger partial charge in [0, 0.05) is 12.8 Å². The van der Waals surface area contributed by atoms with Crippen LogP contribution in [0.25, 0.3) is 0 Å². The van der Waals surface area contributed by atoms with Gasteiger partial charge in [0.25, 0.3) is 0 Å². The number of carbonyl (C=O) groups is 2. The third-order valence-corrected chi connectivity index (χ3v) is 17.6. The van der Waals surface area contributed by atoms with Crippen LogP contribution in [0, 0.1) is 0 Å². The van der Waals surface area contributed by atoms with E-state index in [2.05, 4.69) is 86.8 Å². The summed E-state index contributed by atoms with van der Waals surface area (Å²) in [6, 6.07) is -0.854. The molecule has 0 spiro atoms. The molecule has 0 aliphatic rings. The molecule has 3 atom stereocenters. The SMILES string of the molecule is CC/C=C\C/C=C\C/C=C\C/C=C\C/C=C\CCCCCCCCCCCC(=O)NC(COP(=O)(O)OCC[N+](C)(C)C)C(/C=C/CCCCCCCCCCCCC)OC(=O)CCCCCCCCCCCCCCCCCCCCCCCCC. The van der Waals surface area contributed by atoms with Gasteiger partial charge >= 0.3 is 13.8 Å². The number of esters is 1. The minimum Gasteiger partial charge on any atom is -0.456 e. The number of carbonyl (C=O) groups excluding carboxylic acids is 2. The van der Waals surface area contributed by atoms with E-state index in [0.717, 1.165) is 103 Å². The third kappa shape index (κ3) is 67.7. The highest BCUT2D eigenvalue weighted by molar-refractivity contribution is 7.47. The van der Waals surface area contributed by atoms with Gasteiger partial charge < -0.3 is 19.4 Å². The van der Waals surface area contributed by atoms with E-state index < -0.39 is 20.0 Å².